The second kappa shape index (κ2) is 13.2. The molecule has 7 atom stereocenters. The first-order valence-electron chi connectivity index (χ1n) is 15.8. The number of nitro groups is 2. The maximum Gasteiger partial charge on any atom is 0.301 e. The first kappa shape index (κ1) is 32.0. The molecule has 1 aromatic rings. The molecule has 0 radical (unpaired) electrons. The number of ketones is 1. The SMILES string of the molecule is CC(C)CCCC[C@H]1CCC2[C@H](C/C=N/Nc3ccc([N+](=O)[O-])cc3[N+](=O)[O-])C([C@@]3(C)CCC(O)CC3=O)CC[C@@]21C. The number of hydrazone groups is 1. The molecule has 4 rings (SSSR count). The largest absolute Gasteiger partial charge is 0.393 e. The number of aliphatic hydroxyl groups is 1. The fraction of sp³-hybridized carbons (Fsp3) is 0.750. The second-order valence-electron chi connectivity index (χ2n) is 14.0. The molecule has 42 heavy (non-hydrogen) atoms. The zero-order chi connectivity index (χ0) is 30.7. The van der Waals surface area contributed by atoms with E-state index in [9.17, 15) is 30.1 Å². The van der Waals surface area contributed by atoms with Crippen LogP contribution in [0.15, 0.2) is 23.3 Å². The minimum absolute atomic E-state index is 0.0950. The van der Waals surface area contributed by atoms with Gasteiger partial charge in [0.25, 0.3) is 5.69 Å². The number of anilines is 1. The topological polar surface area (TPSA) is 148 Å². The van der Waals surface area contributed by atoms with E-state index < -0.39 is 27.1 Å². The lowest BCUT2D eigenvalue weighted by atomic mass is 9.50. The Hall–Kier alpha value is -2.88. The molecule has 2 N–H and O–H groups in total. The lowest BCUT2D eigenvalue weighted by molar-refractivity contribution is -0.393. The van der Waals surface area contributed by atoms with Gasteiger partial charge in [0.05, 0.1) is 22.0 Å². The molecule has 0 aliphatic heterocycles. The number of fused-ring (bicyclic) bond motifs is 1. The van der Waals surface area contributed by atoms with Crippen molar-refractivity contribution < 1.29 is 19.7 Å². The highest BCUT2D eigenvalue weighted by Crippen LogP contribution is 2.64. The minimum atomic E-state index is -0.661. The van der Waals surface area contributed by atoms with Gasteiger partial charge in [-0.1, -0.05) is 47.0 Å². The van der Waals surface area contributed by atoms with Gasteiger partial charge in [-0.3, -0.25) is 30.4 Å². The predicted octanol–water partition coefficient (Wildman–Crippen LogP) is 7.69. The molecule has 3 fully saturated rings. The van der Waals surface area contributed by atoms with E-state index in [0.29, 0.717) is 31.1 Å². The van der Waals surface area contributed by atoms with Crippen LogP contribution in [0.4, 0.5) is 17.1 Å². The van der Waals surface area contributed by atoms with Gasteiger partial charge in [-0.05, 0) is 92.4 Å². The van der Waals surface area contributed by atoms with E-state index in [1.807, 2.05) is 0 Å². The number of non-ortho nitro benzene ring substituents is 1. The molecule has 10 heteroatoms. The van der Waals surface area contributed by atoms with Crippen molar-refractivity contribution in [3.63, 3.8) is 0 Å². The van der Waals surface area contributed by atoms with Crippen LogP contribution in [0.25, 0.3) is 0 Å². The monoisotopic (exact) mass is 584 g/mol. The molecule has 3 saturated carbocycles. The van der Waals surface area contributed by atoms with Gasteiger partial charge >= 0.3 is 5.69 Å². The van der Waals surface area contributed by atoms with E-state index in [2.05, 4.69) is 38.2 Å². The zero-order valence-electron chi connectivity index (χ0n) is 25.6. The number of hydrogen-bond donors (Lipinski definition) is 2. The Balaban J connectivity index is 1.54. The third-order valence-corrected chi connectivity index (χ3v) is 11.1. The summed E-state index contributed by atoms with van der Waals surface area (Å²) < 4.78 is 0. The van der Waals surface area contributed by atoms with E-state index >= 15 is 0 Å². The molecule has 10 nitrogen and oxygen atoms in total. The van der Waals surface area contributed by atoms with Crippen LogP contribution in [0, 0.1) is 60.6 Å². The molecule has 0 heterocycles. The molecule has 0 amide bonds. The molecule has 0 bridgehead atoms. The molecule has 0 saturated heterocycles. The summed E-state index contributed by atoms with van der Waals surface area (Å²) in [5.74, 6) is 2.46. The first-order valence-corrected chi connectivity index (χ1v) is 15.8. The number of carbonyl (C=O) groups is 1. The van der Waals surface area contributed by atoms with Gasteiger partial charge in [0.15, 0.2) is 0 Å². The maximum absolute atomic E-state index is 13.4. The molecule has 3 unspecified atom stereocenters. The molecule has 3 aliphatic carbocycles. The number of unbranched alkanes of at least 4 members (excludes halogenated alkanes) is 1. The van der Waals surface area contributed by atoms with Gasteiger partial charge < -0.3 is 5.11 Å². The van der Waals surface area contributed by atoms with Crippen molar-refractivity contribution >= 4 is 29.1 Å². The van der Waals surface area contributed by atoms with Crippen LogP contribution < -0.4 is 5.43 Å². The van der Waals surface area contributed by atoms with Crippen LogP contribution >= 0.6 is 0 Å². The summed E-state index contributed by atoms with van der Waals surface area (Å²) in [5.41, 5.74) is 1.83. The highest BCUT2D eigenvalue weighted by atomic mass is 16.6. The van der Waals surface area contributed by atoms with Crippen LogP contribution in [-0.4, -0.2) is 33.1 Å². The summed E-state index contributed by atoms with van der Waals surface area (Å²) >= 11 is 0. The van der Waals surface area contributed by atoms with Crippen molar-refractivity contribution in [2.24, 2.45) is 45.5 Å². The van der Waals surface area contributed by atoms with E-state index in [4.69, 9.17) is 0 Å². The van der Waals surface area contributed by atoms with Crippen LogP contribution in [0.2, 0.25) is 0 Å². The Labute approximate surface area is 249 Å². The molecule has 0 spiro atoms. The average Bonchev–Trinajstić information content (AvgIpc) is 3.27. The van der Waals surface area contributed by atoms with Crippen LogP contribution in [0.1, 0.15) is 105 Å². The average molecular weight is 585 g/mol. The van der Waals surface area contributed by atoms with Crippen molar-refractivity contribution in [1.29, 1.82) is 0 Å². The summed E-state index contributed by atoms with van der Waals surface area (Å²) in [5, 5.41) is 37.2. The third kappa shape index (κ3) is 6.68. The van der Waals surface area contributed by atoms with Crippen molar-refractivity contribution in [3.05, 3.63) is 38.4 Å². The number of nitro benzene ring substituents is 2. The zero-order valence-corrected chi connectivity index (χ0v) is 25.6. The number of benzene rings is 1. The van der Waals surface area contributed by atoms with Gasteiger partial charge in [0, 0.05) is 24.1 Å². The van der Waals surface area contributed by atoms with Gasteiger partial charge in [-0.2, -0.15) is 5.10 Å². The van der Waals surface area contributed by atoms with E-state index in [1.165, 1.54) is 44.2 Å². The van der Waals surface area contributed by atoms with Crippen molar-refractivity contribution in [3.8, 4) is 0 Å². The van der Waals surface area contributed by atoms with Crippen LogP contribution in [0.3, 0.4) is 0 Å². The fourth-order valence-corrected chi connectivity index (χ4v) is 8.65. The van der Waals surface area contributed by atoms with Gasteiger partial charge in [-0.25, -0.2) is 0 Å². The highest BCUT2D eigenvalue weighted by molar-refractivity contribution is 5.86. The maximum atomic E-state index is 13.4. The molecule has 3 aliphatic rings. The molecule has 232 valence electrons. The molecular formula is C32H48N4O6. The minimum Gasteiger partial charge on any atom is -0.393 e. The normalized spacial score (nSPS) is 33.2. The first-order chi connectivity index (χ1) is 19.9. The van der Waals surface area contributed by atoms with Gasteiger partial charge in [0.2, 0.25) is 0 Å². The molecule has 1 aromatic carbocycles. The lowest BCUT2D eigenvalue weighted by Crippen LogP contribution is -2.51. The standard InChI is InChI=1S/C32H48N4O6/c1-21(2)7-5-6-8-22-9-11-26-25(15-18-33-34-28-12-10-23(35(39)40)19-29(28)36(41)42)27(14-17-31(22,26)3)32(4)16-13-24(37)20-30(32)38/h10,12,18-19,21-22,24-27,34,37H,5-9,11,13-17,20H2,1-4H3/b33-18+/t22-,24?,25-,26?,27?,31+,32+/m0/s1. The van der Waals surface area contributed by atoms with Crippen LogP contribution in [-0.2, 0) is 4.79 Å². The number of hydrogen-bond acceptors (Lipinski definition) is 8. The Morgan fingerprint density at radius 1 is 1.07 bits per heavy atom. The van der Waals surface area contributed by atoms with E-state index in [0.717, 1.165) is 31.2 Å². The van der Waals surface area contributed by atoms with E-state index in [-0.39, 0.29) is 40.8 Å². The van der Waals surface area contributed by atoms with Crippen molar-refractivity contribution in [1.82, 2.24) is 0 Å². The summed E-state index contributed by atoms with van der Waals surface area (Å²) in [6.07, 6.45) is 12.9. The Kier molecular flexibility index (Phi) is 10.1. The summed E-state index contributed by atoms with van der Waals surface area (Å²) in [7, 11) is 0. The predicted molar refractivity (Wildman–Crippen MR) is 163 cm³/mol. The van der Waals surface area contributed by atoms with Crippen LogP contribution in [0.5, 0.6) is 0 Å². The molecular weight excluding hydrogens is 536 g/mol. The third-order valence-electron chi connectivity index (χ3n) is 11.1. The van der Waals surface area contributed by atoms with Gasteiger partial charge in [-0.15, -0.1) is 0 Å². The Bertz CT molecular complexity index is 1190. The lowest BCUT2D eigenvalue weighted by Gasteiger charge is -2.54. The number of Topliss-reactive ketones (excluding diaryl/α,β-unsaturated/α-hetero) is 1. The highest BCUT2D eigenvalue weighted by Gasteiger charge is 2.58. The van der Waals surface area contributed by atoms with E-state index in [1.54, 1.807) is 6.21 Å². The quantitative estimate of drug-likeness (QED) is 0.111. The second-order valence-corrected chi connectivity index (χ2v) is 14.0. The number of nitrogens with zero attached hydrogens (tertiary/aromatic N) is 3. The number of aliphatic hydroxyl groups excluding tert-OH is 1. The molecule has 0 aromatic heterocycles. The summed E-state index contributed by atoms with van der Waals surface area (Å²) in [6, 6.07) is 3.46. The number of carbonyl (C=O) groups excluding carboxylic acids is 1. The summed E-state index contributed by atoms with van der Waals surface area (Å²) in [6.45, 7) is 9.13. The fourth-order valence-electron chi connectivity index (χ4n) is 8.65. The Morgan fingerprint density at radius 3 is 2.50 bits per heavy atom. The van der Waals surface area contributed by atoms with Gasteiger partial charge in [0.1, 0.15) is 11.5 Å². The summed E-state index contributed by atoms with van der Waals surface area (Å²) in [4.78, 5) is 34.7. The van der Waals surface area contributed by atoms with Crippen molar-refractivity contribution in [2.45, 2.75) is 111 Å². The Morgan fingerprint density at radius 2 is 1.83 bits per heavy atom. The number of rotatable bonds is 12. The number of nitrogens with one attached hydrogen (secondary N) is 1. The van der Waals surface area contributed by atoms with Crippen molar-refractivity contribution in [2.75, 3.05) is 5.43 Å². The smallest absolute Gasteiger partial charge is 0.301 e.